The summed E-state index contributed by atoms with van der Waals surface area (Å²) in [5, 5.41) is 5.27. The van der Waals surface area contributed by atoms with Crippen LogP contribution >= 0.6 is 0 Å². The van der Waals surface area contributed by atoms with Crippen LogP contribution in [0.2, 0.25) is 0 Å². The van der Waals surface area contributed by atoms with Crippen LogP contribution in [-0.4, -0.2) is 41.9 Å². The number of hydrogen-bond donors (Lipinski definition) is 2. The lowest BCUT2D eigenvalue weighted by molar-refractivity contribution is -0.117. The minimum atomic E-state index is -0.464. The fraction of sp³-hybridized carbons (Fsp3) is 0.235. The molecular formula is C17H20N6O3. The predicted octanol–water partition coefficient (Wildman–Crippen LogP) is 2.09. The topological polar surface area (TPSA) is 108 Å². The molecule has 0 saturated carbocycles. The summed E-state index contributed by atoms with van der Waals surface area (Å²) in [7, 11) is 3.23. The van der Waals surface area contributed by atoms with Crippen molar-refractivity contribution < 1.29 is 14.4 Å². The summed E-state index contributed by atoms with van der Waals surface area (Å²) in [5.74, 6) is 0.695. The van der Waals surface area contributed by atoms with Gasteiger partial charge in [0.05, 0.1) is 23.8 Å². The predicted molar refractivity (Wildman–Crippen MR) is 99.3 cm³/mol. The Kier molecular flexibility index (Phi) is 5.84. The number of hydrogen-bond acceptors (Lipinski definition) is 5. The van der Waals surface area contributed by atoms with Crippen LogP contribution in [0.1, 0.15) is 13.8 Å². The van der Waals surface area contributed by atoms with Crippen LogP contribution in [-0.2, 0) is 9.59 Å². The van der Waals surface area contributed by atoms with Crippen molar-refractivity contribution in [2.45, 2.75) is 13.8 Å². The Morgan fingerprint density at radius 3 is 1.42 bits per heavy atom. The van der Waals surface area contributed by atoms with E-state index in [0.717, 1.165) is 0 Å². The first-order chi connectivity index (χ1) is 12.3. The number of nitrogens with zero attached hydrogens (tertiary/aromatic N) is 4. The lowest BCUT2D eigenvalue weighted by atomic mass is 10.3. The molecule has 2 heterocycles. The Balaban J connectivity index is 1.96. The van der Waals surface area contributed by atoms with Crippen LogP contribution in [0.4, 0.5) is 27.8 Å². The molecule has 0 aliphatic heterocycles. The van der Waals surface area contributed by atoms with Crippen LogP contribution in [0.3, 0.4) is 0 Å². The van der Waals surface area contributed by atoms with E-state index < -0.39 is 6.03 Å². The maximum atomic E-state index is 12.0. The van der Waals surface area contributed by atoms with Crippen molar-refractivity contribution in [2.24, 2.45) is 0 Å². The highest BCUT2D eigenvalue weighted by atomic mass is 16.2. The van der Waals surface area contributed by atoms with Crippen LogP contribution in [0.15, 0.2) is 36.7 Å². The number of amides is 4. The molecule has 0 atom stereocenters. The van der Waals surface area contributed by atoms with E-state index in [-0.39, 0.29) is 11.8 Å². The molecule has 0 aromatic carbocycles. The van der Waals surface area contributed by atoms with Crippen molar-refractivity contribution in [1.29, 1.82) is 0 Å². The minimum absolute atomic E-state index is 0.137. The Morgan fingerprint density at radius 2 is 1.15 bits per heavy atom. The second-order valence-corrected chi connectivity index (χ2v) is 5.55. The van der Waals surface area contributed by atoms with E-state index in [4.69, 9.17) is 0 Å². The molecule has 9 nitrogen and oxygen atoms in total. The summed E-state index contributed by atoms with van der Waals surface area (Å²) in [5.41, 5.74) is 0.952. The van der Waals surface area contributed by atoms with Crippen molar-refractivity contribution in [1.82, 2.24) is 9.97 Å². The average Bonchev–Trinajstić information content (AvgIpc) is 2.61. The zero-order valence-corrected chi connectivity index (χ0v) is 15.0. The highest BCUT2D eigenvalue weighted by Crippen LogP contribution is 2.15. The maximum Gasteiger partial charge on any atom is 0.323 e. The molecule has 4 amide bonds. The van der Waals surface area contributed by atoms with E-state index in [9.17, 15) is 14.4 Å². The fourth-order valence-electron chi connectivity index (χ4n) is 1.93. The van der Waals surface area contributed by atoms with E-state index in [1.54, 1.807) is 38.4 Å². The Bertz CT molecular complexity index is 737. The molecule has 0 aliphatic rings. The van der Waals surface area contributed by atoms with Crippen molar-refractivity contribution in [3.63, 3.8) is 0 Å². The number of aromatic nitrogens is 2. The second-order valence-electron chi connectivity index (χ2n) is 5.55. The van der Waals surface area contributed by atoms with E-state index >= 15 is 0 Å². The summed E-state index contributed by atoms with van der Waals surface area (Å²) in [6.07, 6.45) is 2.91. The molecule has 0 saturated heterocycles. The molecule has 0 radical (unpaired) electrons. The van der Waals surface area contributed by atoms with Gasteiger partial charge in [-0.15, -0.1) is 0 Å². The highest BCUT2D eigenvalue weighted by molar-refractivity contribution is 6.00. The van der Waals surface area contributed by atoms with Gasteiger partial charge in [-0.2, -0.15) is 0 Å². The molecule has 2 aromatic heterocycles. The SMILES string of the molecule is CC(=O)N(C)c1ccc(NC(=O)Nc2ccc(N(C)C(C)=O)nc2)cn1. The summed E-state index contributed by atoms with van der Waals surface area (Å²) in [4.78, 5) is 45.6. The van der Waals surface area contributed by atoms with E-state index in [2.05, 4.69) is 20.6 Å². The van der Waals surface area contributed by atoms with Crippen LogP contribution in [0.25, 0.3) is 0 Å². The van der Waals surface area contributed by atoms with Gasteiger partial charge in [-0.25, -0.2) is 14.8 Å². The third kappa shape index (κ3) is 4.76. The third-order valence-corrected chi connectivity index (χ3v) is 3.64. The molecule has 9 heteroatoms. The molecular weight excluding hydrogens is 336 g/mol. The van der Waals surface area contributed by atoms with Crippen LogP contribution < -0.4 is 20.4 Å². The van der Waals surface area contributed by atoms with Gasteiger partial charge < -0.3 is 20.4 Å². The molecule has 0 spiro atoms. The van der Waals surface area contributed by atoms with Gasteiger partial charge in [0, 0.05) is 27.9 Å². The minimum Gasteiger partial charge on any atom is -0.306 e. The van der Waals surface area contributed by atoms with Crippen molar-refractivity contribution in [3.05, 3.63) is 36.7 Å². The van der Waals surface area contributed by atoms with Gasteiger partial charge in [-0.1, -0.05) is 0 Å². The van der Waals surface area contributed by atoms with E-state index in [0.29, 0.717) is 23.0 Å². The smallest absolute Gasteiger partial charge is 0.306 e. The number of anilines is 4. The molecule has 2 aromatic rings. The molecule has 2 rings (SSSR count). The Labute approximate surface area is 151 Å². The number of pyridine rings is 2. The first-order valence-electron chi connectivity index (χ1n) is 7.76. The summed E-state index contributed by atoms with van der Waals surface area (Å²) >= 11 is 0. The molecule has 26 heavy (non-hydrogen) atoms. The lowest BCUT2D eigenvalue weighted by Gasteiger charge is -2.15. The monoisotopic (exact) mass is 356 g/mol. The first kappa shape index (κ1) is 18.8. The van der Waals surface area contributed by atoms with Crippen molar-refractivity contribution >= 4 is 40.9 Å². The largest absolute Gasteiger partial charge is 0.323 e. The average molecular weight is 356 g/mol. The molecule has 0 fully saturated rings. The normalized spacial score (nSPS) is 10.0. The van der Waals surface area contributed by atoms with Crippen LogP contribution in [0.5, 0.6) is 0 Å². The number of carbonyl (C=O) groups is 3. The Hall–Kier alpha value is -3.49. The molecule has 136 valence electrons. The summed E-state index contributed by atoms with van der Waals surface area (Å²) in [6, 6.07) is 6.08. The molecule has 0 bridgehead atoms. The van der Waals surface area contributed by atoms with Gasteiger partial charge in [0.2, 0.25) is 11.8 Å². The quantitative estimate of drug-likeness (QED) is 0.872. The number of nitrogens with one attached hydrogen (secondary N) is 2. The van der Waals surface area contributed by atoms with Crippen LogP contribution in [0, 0.1) is 0 Å². The highest BCUT2D eigenvalue weighted by Gasteiger charge is 2.09. The lowest BCUT2D eigenvalue weighted by Crippen LogP contribution is -2.24. The zero-order chi connectivity index (χ0) is 19.3. The maximum absolute atomic E-state index is 12.0. The first-order valence-corrected chi connectivity index (χ1v) is 7.76. The van der Waals surface area contributed by atoms with Gasteiger partial charge >= 0.3 is 6.03 Å². The van der Waals surface area contributed by atoms with Gasteiger partial charge in [-0.3, -0.25) is 9.59 Å². The molecule has 0 aliphatic carbocycles. The van der Waals surface area contributed by atoms with Gasteiger partial charge in [-0.05, 0) is 24.3 Å². The van der Waals surface area contributed by atoms with Crippen molar-refractivity contribution in [3.8, 4) is 0 Å². The standard InChI is InChI=1S/C17H20N6O3/c1-11(24)22(3)15-7-5-13(9-18-15)20-17(26)21-14-6-8-16(19-10-14)23(4)12(2)25/h5-10H,1-4H3,(H2,20,21,26). The zero-order valence-electron chi connectivity index (χ0n) is 15.0. The second kappa shape index (κ2) is 8.06. The van der Waals surface area contributed by atoms with E-state index in [1.165, 1.54) is 36.0 Å². The van der Waals surface area contributed by atoms with Gasteiger partial charge in [0.25, 0.3) is 0 Å². The fourth-order valence-corrected chi connectivity index (χ4v) is 1.93. The van der Waals surface area contributed by atoms with Gasteiger partial charge in [0.15, 0.2) is 0 Å². The number of urea groups is 1. The third-order valence-electron chi connectivity index (χ3n) is 3.64. The van der Waals surface area contributed by atoms with Crippen molar-refractivity contribution in [2.75, 3.05) is 34.5 Å². The Morgan fingerprint density at radius 1 is 0.769 bits per heavy atom. The molecule has 2 N–H and O–H groups in total. The van der Waals surface area contributed by atoms with Gasteiger partial charge in [0.1, 0.15) is 11.6 Å². The number of carbonyl (C=O) groups excluding carboxylic acids is 3. The number of rotatable bonds is 4. The van der Waals surface area contributed by atoms with E-state index in [1.807, 2.05) is 0 Å². The molecule has 0 unspecified atom stereocenters. The summed E-state index contributed by atoms with van der Waals surface area (Å²) in [6.45, 7) is 2.88. The summed E-state index contributed by atoms with van der Waals surface area (Å²) < 4.78 is 0.